The third-order valence-electron chi connectivity index (χ3n) is 1.84. The van der Waals surface area contributed by atoms with Gasteiger partial charge in [-0.1, -0.05) is 0 Å². The van der Waals surface area contributed by atoms with Crippen LogP contribution in [0.15, 0.2) is 35.7 Å². The summed E-state index contributed by atoms with van der Waals surface area (Å²) in [6, 6.07) is 9.07. The zero-order valence-corrected chi connectivity index (χ0v) is 11.0. The molecule has 0 bridgehead atoms. The number of rotatable bonds is 3. The predicted molar refractivity (Wildman–Crippen MR) is 70.5 cm³/mol. The first-order valence-corrected chi connectivity index (χ1v) is 6.36. The number of halogens is 1. The molecule has 82 valence electrons. The van der Waals surface area contributed by atoms with Crippen molar-refractivity contribution in [3.8, 4) is 11.5 Å². The first kappa shape index (κ1) is 11.4. The van der Waals surface area contributed by atoms with E-state index < -0.39 is 5.97 Å². The molecule has 0 aliphatic heterocycles. The Labute approximate surface area is 110 Å². The molecular formula is C11H7IO3S. The van der Waals surface area contributed by atoms with Gasteiger partial charge in [0.15, 0.2) is 0 Å². The lowest BCUT2D eigenvalue weighted by Crippen LogP contribution is -1.90. The van der Waals surface area contributed by atoms with Gasteiger partial charge in [0.25, 0.3) is 0 Å². The minimum absolute atomic E-state index is 0.278. The van der Waals surface area contributed by atoms with Crippen LogP contribution < -0.4 is 4.74 Å². The number of carbonyl (C=O) groups is 1. The molecule has 2 rings (SSSR count). The summed E-state index contributed by atoms with van der Waals surface area (Å²) >= 11 is 3.36. The van der Waals surface area contributed by atoms with Gasteiger partial charge in [0.05, 0.1) is 0 Å². The number of carboxylic acids is 1. The van der Waals surface area contributed by atoms with Gasteiger partial charge >= 0.3 is 5.97 Å². The average molecular weight is 346 g/mol. The Morgan fingerprint density at radius 1 is 1.25 bits per heavy atom. The van der Waals surface area contributed by atoms with Crippen LogP contribution in [0.4, 0.5) is 0 Å². The normalized spacial score (nSPS) is 10.1. The molecule has 1 N–H and O–H groups in total. The van der Waals surface area contributed by atoms with Gasteiger partial charge in [-0.05, 0) is 46.9 Å². The van der Waals surface area contributed by atoms with Crippen LogP contribution in [0.3, 0.4) is 0 Å². The number of carboxylic acid groups (broad SMARTS) is 1. The highest BCUT2D eigenvalue weighted by molar-refractivity contribution is 14.1. The van der Waals surface area contributed by atoms with Crippen molar-refractivity contribution in [2.24, 2.45) is 0 Å². The van der Waals surface area contributed by atoms with Gasteiger partial charge in [0.2, 0.25) is 0 Å². The van der Waals surface area contributed by atoms with Crippen LogP contribution >= 0.6 is 33.9 Å². The van der Waals surface area contributed by atoms with Gasteiger partial charge in [-0.3, -0.25) is 0 Å². The van der Waals surface area contributed by atoms with Gasteiger partial charge in [0, 0.05) is 15.0 Å². The van der Waals surface area contributed by atoms with E-state index in [-0.39, 0.29) is 4.88 Å². The van der Waals surface area contributed by atoms with E-state index in [0.717, 1.165) is 14.9 Å². The van der Waals surface area contributed by atoms with E-state index in [9.17, 15) is 4.79 Å². The average Bonchev–Trinajstić information content (AvgIpc) is 2.70. The van der Waals surface area contributed by atoms with Crippen molar-refractivity contribution in [1.29, 1.82) is 0 Å². The maximum Gasteiger partial charge on any atom is 0.346 e. The second-order valence-electron chi connectivity index (χ2n) is 3.01. The van der Waals surface area contributed by atoms with E-state index in [2.05, 4.69) is 22.6 Å². The molecule has 5 heteroatoms. The lowest BCUT2D eigenvalue weighted by molar-refractivity contribution is 0.0702. The largest absolute Gasteiger partial charge is 0.477 e. The highest BCUT2D eigenvalue weighted by Crippen LogP contribution is 2.27. The van der Waals surface area contributed by atoms with Crippen molar-refractivity contribution >= 4 is 39.9 Å². The molecule has 16 heavy (non-hydrogen) atoms. The highest BCUT2D eigenvalue weighted by Gasteiger charge is 2.07. The Kier molecular flexibility index (Phi) is 3.45. The number of hydrogen-bond acceptors (Lipinski definition) is 3. The molecule has 0 aliphatic rings. The molecule has 1 heterocycles. The zero-order chi connectivity index (χ0) is 11.5. The summed E-state index contributed by atoms with van der Waals surface area (Å²) in [7, 11) is 0. The number of aromatic carboxylic acids is 1. The number of thiophene rings is 1. The Bertz CT molecular complexity index is 504. The SMILES string of the molecule is O=C(O)c1cc(Oc2ccc(I)cc2)cs1. The molecule has 0 fully saturated rings. The van der Waals surface area contributed by atoms with Crippen LogP contribution in [0.5, 0.6) is 11.5 Å². The molecule has 1 aromatic carbocycles. The first-order valence-electron chi connectivity index (χ1n) is 4.40. The highest BCUT2D eigenvalue weighted by atomic mass is 127. The molecule has 0 amide bonds. The maximum absolute atomic E-state index is 10.7. The summed E-state index contributed by atoms with van der Waals surface area (Å²) in [5.74, 6) is 0.334. The number of benzene rings is 1. The quantitative estimate of drug-likeness (QED) is 0.859. The zero-order valence-electron chi connectivity index (χ0n) is 8.01. The van der Waals surface area contributed by atoms with Crippen molar-refractivity contribution in [3.63, 3.8) is 0 Å². The van der Waals surface area contributed by atoms with Crippen molar-refractivity contribution in [2.75, 3.05) is 0 Å². The van der Waals surface area contributed by atoms with Gasteiger partial charge in [0.1, 0.15) is 16.4 Å². The maximum atomic E-state index is 10.7. The fourth-order valence-electron chi connectivity index (χ4n) is 1.12. The standard InChI is InChI=1S/C11H7IO3S/c12-7-1-3-8(4-2-7)15-9-5-10(11(13)14)16-6-9/h1-6H,(H,13,14). The Morgan fingerprint density at radius 2 is 1.94 bits per heavy atom. The first-order chi connectivity index (χ1) is 7.65. The smallest absolute Gasteiger partial charge is 0.346 e. The lowest BCUT2D eigenvalue weighted by Gasteiger charge is -2.02. The van der Waals surface area contributed by atoms with Crippen molar-refractivity contribution < 1.29 is 14.6 Å². The van der Waals surface area contributed by atoms with Crippen LogP contribution in [0.2, 0.25) is 0 Å². The summed E-state index contributed by atoms with van der Waals surface area (Å²) in [5.41, 5.74) is 0. The number of ether oxygens (including phenoxy) is 1. The van der Waals surface area contributed by atoms with E-state index in [1.807, 2.05) is 24.3 Å². The van der Waals surface area contributed by atoms with Crippen LogP contribution in [0.1, 0.15) is 9.67 Å². The second kappa shape index (κ2) is 4.84. The summed E-state index contributed by atoms with van der Waals surface area (Å²) in [4.78, 5) is 10.9. The molecular weight excluding hydrogens is 339 g/mol. The van der Waals surface area contributed by atoms with Crippen LogP contribution in [0, 0.1) is 3.57 Å². The molecule has 0 saturated carbocycles. The van der Waals surface area contributed by atoms with E-state index in [1.165, 1.54) is 6.07 Å². The molecule has 3 nitrogen and oxygen atoms in total. The van der Waals surface area contributed by atoms with Crippen molar-refractivity contribution in [3.05, 3.63) is 44.2 Å². The van der Waals surface area contributed by atoms with Gasteiger partial charge in [-0.2, -0.15) is 0 Å². The lowest BCUT2D eigenvalue weighted by atomic mass is 10.3. The fraction of sp³-hybridized carbons (Fsp3) is 0. The monoisotopic (exact) mass is 346 g/mol. The van der Waals surface area contributed by atoms with E-state index >= 15 is 0 Å². The third-order valence-corrected chi connectivity index (χ3v) is 3.45. The van der Waals surface area contributed by atoms with Crippen LogP contribution in [-0.4, -0.2) is 11.1 Å². The third kappa shape index (κ3) is 2.73. The van der Waals surface area contributed by atoms with Gasteiger partial charge in [-0.25, -0.2) is 4.79 Å². The molecule has 0 aliphatic carbocycles. The Morgan fingerprint density at radius 3 is 2.50 bits per heavy atom. The van der Waals surface area contributed by atoms with Crippen LogP contribution in [0.25, 0.3) is 0 Å². The molecule has 0 atom stereocenters. The molecule has 1 aromatic heterocycles. The fourth-order valence-corrected chi connectivity index (χ4v) is 2.13. The summed E-state index contributed by atoms with van der Waals surface area (Å²) in [5, 5.41) is 10.4. The molecule has 0 unspecified atom stereocenters. The topological polar surface area (TPSA) is 46.5 Å². The van der Waals surface area contributed by atoms with Crippen LogP contribution in [-0.2, 0) is 0 Å². The van der Waals surface area contributed by atoms with E-state index in [1.54, 1.807) is 5.38 Å². The molecule has 0 saturated heterocycles. The number of hydrogen-bond donors (Lipinski definition) is 1. The van der Waals surface area contributed by atoms with Crippen molar-refractivity contribution in [2.45, 2.75) is 0 Å². The predicted octanol–water partition coefficient (Wildman–Crippen LogP) is 3.84. The van der Waals surface area contributed by atoms with Crippen molar-refractivity contribution in [1.82, 2.24) is 0 Å². The molecule has 0 radical (unpaired) electrons. The summed E-state index contributed by atoms with van der Waals surface area (Å²) in [6.07, 6.45) is 0. The summed E-state index contributed by atoms with van der Waals surface area (Å²) < 4.78 is 6.63. The van der Waals surface area contributed by atoms with E-state index in [4.69, 9.17) is 9.84 Å². The molecule has 2 aromatic rings. The van der Waals surface area contributed by atoms with Gasteiger partial charge < -0.3 is 9.84 Å². The summed E-state index contributed by atoms with van der Waals surface area (Å²) in [6.45, 7) is 0. The second-order valence-corrected chi connectivity index (χ2v) is 5.16. The minimum atomic E-state index is -0.928. The van der Waals surface area contributed by atoms with Gasteiger partial charge in [-0.15, -0.1) is 11.3 Å². The minimum Gasteiger partial charge on any atom is -0.477 e. The Balaban J connectivity index is 2.14. The molecule has 0 spiro atoms. The van der Waals surface area contributed by atoms with E-state index in [0.29, 0.717) is 11.5 Å². The Hall–Kier alpha value is -1.08.